The topological polar surface area (TPSA) is 56.7 Å². The maximum Gasteiger partial charge on any atom is 0.269 e. The van der Waals surface area contributed by atoms with Crippen molar-refractivity contribution in [3.8, 4) is 11.6 Å². The molecule has 2 aromatic heterocycles. The standard InChI is InChI=1S/C8H9BrN4O/c1-3-13-4-6(9)7(12-13)8-11-10-5(2)14-8/h4H,3H2,1-2H3. The summed E-state index contributed by atoms with van der Waals surface area (Å²) in [6, 6.07) is 0. The molecule has 2 heterocycles. The first-order valence-corrected chi connectivity index (χ1v) is 5.03. The van der Waals surface area contributed by atoms with E-state index in [1.165, 1.54) is 0 Å². The summed E-state index contributed by atoms with van der Waals surface area (Å²) in [5.74, 6) is 0.986. The largest absolute Gasteiger partial charge is 0.420 e. The van der Waals surface area contributed by atoms with Crippen LogP contribution in [0.4, 0.5) is 0 Å². The van der Waals surface area contributed by atoms with Crippen LogP contribution in [0.3, 0.4) is 0 Å². The van der Waals surface area contributed by atoms with E-state index in [1.54, 1.807) is 11.6 Å². The maximum atomic E-state index is 5.28. The van der Waals surface area contributed by atoms with Gasteiger partial charge in [-0.1, -0.05) is 0 Å². The normalized spacial score (nSPS) is 10.8. The minimum Gasteiger partial charge on any atom is -0.420 e. The molecule has 2 rings (SSSR count). The lowest BCUT2D eigenvalue weighted by Crippen LogP contribution is -1.93. The molecule has 14 heavy (non-hydrogen) atoms. The molecule has 2 aromatic rings. The second-order valence-corrected chi connectivity index (χ2v) is 3.66. The molecule has 0 aliphatic rings. The molecule has 0 amide bonds. The third-order valence-corrected chi connectivity index (χ3v) is 2.35. The predicted octanol–water partition coefficient (Wildman–Crippen LogP) is 2.02. The molecule has 0 bridgehead atoms. The lowest BCUT2D eigenvalue weighted by atomic mass is 10.4. The van der Waals surface area contributed by atoms with E-state index < -0.39 is 0 Å². The number of hydrogen-bond acceptors (Lipinski definition) is 4. The van der Waals surface area contributed by atoms with Gasteiger partial charge < -0.3 is 4.42 Å². The number of hydrogen-bond donors (Lipinski definition) is 0. The first-order chi connectivity index (χ1) is 6.70. The highest BCUT2D eigenvalue weighted by Crippen LogP contribution is 2.25. The Labute approximate surface area is 89.3 Å². The van der Waals surface area contributed by atoms with E-state index >= 15 is 0 Å². The molecule has 0 fully saturated rings. The van der Waals surface area contributed by atoms with E-state index in [0.29, 0.717) is 17.5 Å². The van der Waals surface area contributed by atoms with E-state index in [0.717, 1.165) is 11.0 Å². The van der Waals surface area contributed by atoms with Gasteiger partial charge in [-0.05, 0) is 22.9 Å². The quantitative estimate of drug-likeness (QED) is 0.825. The fourth-order valence-electron chi connectivity index (χ4n) is 1.10. The first kappa shape index (κ1) is 9.39. The minimum atomic E-state index is 0.446. The molecule has 0 aliphatic carbocycles. The van der Waals surface area contributed by atoms with Gasteiger partial charge in [0.2, 0.25) is 5.89 Å². The van der Waals surface area contributed by atoms with Gasteiger partial charge in [0.25, 0.3) is 5.89 Å². The highest BCUT2D eigenvalue weighted by Gasteiger charge is 2.14. The molecule has 0 saturated carbocycles. The van der Waals surface area contributed by atoms with E-state index in [4.69, 9.17) is 4.42 Å². The van der Waals surface area contributed by atoms with Crippen LogP contribution in [0.2, 0.25) is 0 Å². The lowest BCUT2D eigenvalue weighted by molar-refractivity contribution is 0.528. The van der Waals surface area contributed by atoms with Gasteiger partial charge in [0.05, 0.1) is 4.47 Å². The molecule has 0 aliphatic heterocycles. The number of rotatable bonds is 2. The zero-order valence-electron chi connectivity index (χ0n) is 7.86. The Morgan fingerprint density at radius 2 is 2.29 bits per heavy atom. The fraction of sp³-hybridized carbons (Fsp3) is 0.375. The van der Waals surface area contributed by atoms with Crippen LogP contribution in [0.5, 0.6) is 0 Å². The van der Waals surface area contributed by atoms with Crippen molar-refractivity contribution in [2.24, 2.45) is 0 Å². The van der Waals surface area contributed by atoms with Crippen LogP contribution < -0.4 is 0 Å². The van der Waals surface area contributed by atoms with Crippen LogP contribution in [0.15, 0.2) is 15.1 Å². The van der Waals surface area contributed by atoms with Crippen molar-refractivity contribution < 1.29 is 4.42 Å². The zero-order chi connectivity index (χ0) is 10.1. The number of aromatic nitrogens is 4. The summed E-state index contributed by atoms with van der Waals surface area (Å²) in [5, 5.41) is 11.9. The molecule has 0 radical (unpaired) electrons. The average molecular weight is 257 g/mol. The van der Waals surface area contributed by atoms with Crippen molar-refractivity contribution in [3.63, 3.8) is 0 Å². The van der Waals surface area contributed by atoms with E-state index in [9.17, 15) is 0 Å². The zero-order valence-corrected chi connectivity index (χ0v) is 9.45. The van der Waals surface area contributed by atoms with Crippen LogP contribution in [-0.2, 0) is 6.54 Å². The minimum absolute atomic E-state index is 0.446. The maximum absolute atomic E-state index is 5.28. The third kappa shape index (κ3) is 1.57. The van der Waals surface area contributed by atoms with Gasteiger partial charge in [0.15, 0.2) is 5.69 Å². The Hall–Kier alpha value is -1.17. The Kier molecular flexibility index (Phi) is 2.37. The molecule has 6 heteroatoms. The van der Waals surface area contributed by atoms with Crippen molar-refractivity contribution in [1.29, 1.82) is 0 Å². The predicted molar refractivity (Wildman–Crippen MR) is 53.6 cm³/mol. The van der Waals surface area contributed by atoms with Gasteiger partial charge in [-0.25, -0.2) is 0 Å². The van der Waals surface area contributed by atoms with Crippen LogP contribution in [0.25, 0.3) is 11.6 Å². The monoisotopic (exact) mass is 256 g/mol. The van der Waals surface area contributed by atoms with Crippen molar-refractivity contribution in [3.05, 3.63) is 16.6 Å². The number of aryl methyl sites for hydroxylation is 2. The van der Waals surface area contributed by atoms with Gasteiger partial charge >= 0.3 is 0 Å². The molecule has 74 valence electrons. The number of halogens is 1. The summed E-state index contributed by atoms with van der Waals surface area (Å²) in [6.45, 7) is 4.58. The van der Waals surface area contributed by atoms with E-state index in [-0.39, 0.29) is 0 Å². The number of nitrogens with zero attached hydrogens (tertiary/aromatic N) is 4. The molecular weight excluding hydrogens is 248 g/mol. The van der Waals surface area contributed by atoms with E-state index in [2.05, 4.69) is 31.2 Å². The summed E-state index contributed by atoms with van der Waals surface area (Å²) in [6.07, 6.45) is 1.88. The SMILES string of the molecule is CCn1cc(Br)c(-c2nnc(C)o2)n1. The second kappa shape index (κ2) is 3.53. The van der Waals surface area contributed by atoms with E-state index in [1.807, 2.05) is 13.1 Å². The Morgan fingerprint density at radius 1 is 1.50 bits per heavy atom. The van der Waals surface area contributed by atoms with Crippen LogP contribution in [0, 0.1) is 6.92 Å². The molecule has 0 aromatic carbocycles. The summed E-state index contributed by atoms with van der Waals surface area (Å²) in [5.41, 5.74) is 0.687. The highest BCUT2D eigenvalue weighted by atomic mass is 79.9. The van der Waals surface area contributed by atoms with Crippen molar-refractivity contribution in [2.45, 2.75) is 20.4 Å². The van der Waals surface area contributed by atoms with Gasteiger partial charge in [0, 0.05) is 19.7 Å². The van der Waals surface area contributed by atoms with Crippen LogP contribution in [0.1, 0.15) is 12.8 Å². The van der Waals surface area contributed by atoms with Crippen LogP contribution in [-0.4, -0.2) is 20.0 Å². The van der Waals surface area contributed by atoms with Crippen molar-refractivity contribution >= 4 is 15.9 Å². The molecule has 0 atom stereocenters. The molecule has 0 unspecified atom stereocenters. The molecule has 5 nitrogen and oxygen atoms in total. The summed E-state index contributed by atoms with van der Waals surface area (Å²) < 4.78 is 7.95. The second-order valence-electron chi connectivity index (χ2n) is 2.81. The summed E-state index contributed by atoms with van der Waals surface area (Å²) >= 11 is 3.39. The van der Waals surface area contributed by atoms with Crippen molar-refractivity contribution in [1.82, 2.24) is 20.0 Å². The molecule has 0 N–H and O–H groups in total. The van der Waals surface area contributed by atoms with Gasteiger partial charge in [-0.15, -0.1) is 10.2 Å². The summed E-state index contributed by atoms with van der Waals surface area (Å²) in [7, 11) is 0. The Bertz CT molecular complexity index is 448. The lowest BCUT2D eigenvalue weighted by Gasteiger charge is -1.90. The molecule has 0 saturated heterocycles. The van der Waals surface area contributed by atoms with Gasteiger partial charge in [0.1, 0.15) is 0 Å². The molecule has 0 spiro atoms. The van der Waals surface area contributed by atoms with Crippen LogP contribution >= 0.6 is 15.9 Å². The van der Waals surface area contributed by atoms with Gasteiger partial charge in [-0.3, -0.25) is 4.68 Å². The fourth-order valence-corrected chi connectivity index (χ4v) is 1.58. The Balaban J connectivity index is 2.45. The summed E-state index contributed by atoms with van der Waals surface area (Å²) in [4.78, 5) is 0. The third-order valence-electron chi connectivity index (χ3n) is 1.77. The van der Waals surface area contributed by atoms with Gasteiger partial charge in [-0.2, -0.15) is 5.10 Å². The Morgan fingerprint density at radius 3 is 2.79 bits per heavy atom. The highest BCUT2D eigenvalue weighted by molar-refractivity contribution is 9.10. The first-order valence-electron chi connectivity index (χ1n) is 4.24. The molecular formula is C8H9BrN4O. The smallest absolute Gasteiger partial charge is 0.269 e. The average Bonchev–Trinajstić information content (AvgIpc) is 2.71. The van der Waals surface area contributed by atoms with Crippen molar-refractivity contribution in [2.75, 3.05) is 0 Å².